The van der Waals surface area contributed by atoms with Crippen molar-refractivity contribution in [2.24, 2.45) is 0 Å². The number of amides is 2. The summed E-state index contributed by atoms with van der Waals surface area (Å²) in [6, 6.07) is 2.25. The van der Waals surface area contributed by atoms with Gasteiger partial charge in [-0.15, -0.1) is 0 Å². The number of benzene rings is 1. The summed E-state index contributed by atoms with van der Waals surface area (Å²) in [5.41, 5.74) is -0.285. The van der Waals surface area contributed by atoms with Crippen molar-refractivity contribution in [1.82, 2.24) is 10.2 Å². The normalized spacial score (nSPS) is 20.4. The molecular weight excluding hydrogens is 415 g/mol. The smallest absolute Gasteiger partial charge is 0.367 e. The molecule has 1 aromatic rings. The molecular formula is C18H19ClF3N3O2S. The van der Waals surface area contributed by atoms with Crippen LogP contribution >= 0.6 is 23.4 Å². The molecule has 3 rings (SSSR count). The van der Waals surface area contributed by atoms with Crippen LogP contribution in [-0.2, 0) is 11.0 Å². The Morgan fingerprint density at radius 2 is 1.82 bits per heavy atom. The molecule has 2 fully saturated rings. The first-order valence-electron chi connectivity index (χ1n) is 8.71. The molecule has 0 aromatic heterocycles. The van der Waals surface area contributed by atoms with Crippen LogP contribution in [0.4, 0.5) is 23.7 Å². The zero-order valence-corrected chi connectivity index (χ0v) is 16.8. The van der Waals surface area contributed by atoms with Gasteiger partial charge in [0.15, 0.2) is 0 Å². The van der Waals surface area contributed by atoms with Crippen molar-refractivity contribution in [3.63, 3.8) is 0 Å². The van der Waals surface area contributed by atoms with Gasteiger partial charge in [0, 0.05) is 37.8 Å². The van der Waals surface area contributed by atoms with Crippen molar-refractivity contribution in [2.75, 3.05) is 31.1 Å². The summed E-state index contributed by atoms with van der Waals surface area (Å²) in [4.78, 5) is 27.5. The highest BCUT2D eigenvalue weighted by atomic mass is 35.5. The first-order chi connectivity index (χ1) is 13.1. The quantitative estimate of drug-likeness (QED) is 0.723. The second kappa shape index (κ2) is 7.96. The summed E-state index contributed by atoms with van der Waals surface area (Å²) < 4.78 is 39.8. The summed E-state index contributed by atoms with van der Waals surface area (Å²) in [5, 5.41) is 1.52. The third kappa shape index (κ3) is 4.47. The van der Waals surface area contributed by atoms with E-state index in [1.54, 1.807) is 0 Å². The summed E-state index contributed by atoms with van der Waals surface area (Å²) >= 11 is 6.92. The molecule has 5 nitrogen and oxygen atoms in total. The fraction of sp³-hybridized carbons (Fsp3) is 0.444. The van der Waals surface area contributed by atoms with E-state index in [0.29, 0.717) is 36.6 Å². The van der Waals surface area contributed by atoms with E-state index < -0.39 is 22.9 Å². The largest absolute Gasteiger partial charge is 0.416 e. The second-order valence-corrected chi connectivity index (χ2v) is 8.28. The number of anilines is 1. The number of nitrogens with zero attached hydrogens (tertiary/aromatic N) is 2. The minimum Gasteiger partial charge on any atom is -0.367 e. The highest BCUT2D eigenvalue weighted by Gasteiger charge is 2.34. The number of alkyl halides is 3. The van der Waals surface area contributed by atoms with Crippen molar-refractivity contribution in [2.45, 2.75) is 26.1 Å². The standard InChI is InChI=1S/C18H19ClF3N3O2S/c1-10(2)24-3-5-25(6-4-24)15-11(8-14-16(26)23-17(27)28-14)7-12(9-13(15)19)18(20,21)22/h7-10H,3-6H2,1-2H3,(H,23,26,27)/b14-8-. The van der Waals surface area contributed by atoms with Crippen molar-refractivity contribution in [3.8, 4) is 0 Å². The van der Waals surface area contributed by atoms with Crippen LogP contribution in [0.1, 0.15) is 25.0 Å². The molecule has 0 atom stereocenters. The fourth-order valence-corrected chi connectivity index (χ4v) is 4.27. The molecule has 2 aliphatic heterocycles. The Balaban J connectivity index is 2.03. The molecule has 2 saturated heterocycles. The van der Waals surface area contributed by atoms with Crippen molar-refractivity contribution in [3.05, 3.63) is 33.2 Å². The number of piperazine rings is 1. The van der Waals surface area contributed by atoms with E-state index in [2.05, 4.69) is 24.1 Å². The van der Waals surface area contributed by atoms with E-state index >= 15 is 0 Å². The van der Waals surface area contributed by atoms with Crippen LogP contribution in [-0.4, -0.2) is 48.3 Å². The summed E-state index contributed by atoms with van der Waals surface area (Å²) in [6.45, 7) is 6.86. The molecule has 0 saturated carbocycles. The fourth-order valence-electron chi connectivity index (χ4n) is 3.25. The Hall–Kier alpha value is -1.71. The SMILES string of the molecule is CC(C)N1CCN(c2c(Cl)cc(C(F)(F)F)cc2/C=C2\SC(=O)NC2=O)CC1. The van der Waals surface area contributed by atoms with Gasteiger partial charge in [0.2, 0.25) is 0 Å². The molecule has 2 amide bonds. The van der Waals surface area contributed by atoms with Crippen molar-refractivity contribution >= 4 is 46.3 Å². The highest BCUT2D eigenvalue weighted by Crippen LogP contribution is 2.40. The molecule has 1 N–H and O–H groups in total. The topological polar surface area (TPSA) is 52.6 Å². The molecule has 10 heteroatoms. The molecule has 2 heterocycles. The predicted octanol–water partition coefficient (Wildman–Crippen LogP) is 4.21. The van der Waals surface area contributed by atoms with Gasteiger partial charge in [-0.25, -0.2) is 0 Å². The zero-order chi connectivity index (χ0) is 20.6. The average molecular weight is 434 g/mol. The summed E-state index contributed by atoms with van der Waals surface area (Å²) in [6.07, 6.45) is -3.27. The first kappa shape index (κ1) is 21.0. The Morgan fingerprint density at radius 3 is 2.32 bits per heavy atom. The number of carbonyl (C=O) groups excluding carboxylic acids is 2. The number of hydrogen-bond acceptors (Lipinski definition) is 5. The Labute approximate surface area is 169 Å². The minimum absolute atomic E-state index is 0.0330. The van der Waals surface area contributed by atoms with Gasteiger partial charge in [0.05, 0.1) is 21.2 Å². The Kier molecular flexibility index (Phi) is 5.97. The molecule has 0 radical (unpaired) electrons. The lowest BCUT2D eigenvalue weighted by molar-refractivity contribution is -0.137. The molecule has 0 bridgehead atoms. The van der Waals surface area contributed by atoms with E-state index in [9.17, 15) is 22.8 Å². The number of rotatable bonds is 3. The lowest BCUT2D eigenvalue weighted by Crippen LogP contribution is -2.49. The summed E-state index contributed by atoms with van der Waals surface area (Å²) in [7, 11) is 0. The number of carbonyl (C=O) groups is 2. The lowest BCUT2D eigenvalue weighted by atomic mass is 10.0. The average Bonchev–Trinajstić information content (AvgIpc) is 2.91. The van der Waals surface area contributed by atoms with Gasteiger partial charge in [0.25, 0.3) is 11.1 Å². The van der Waals surface area contributed by atoms with Crippen molar-refractivity contribution in [1.29, 1.82) is 0 Å². The van der Waals surface area contributed by atoms with E-state index in [-0.39, 0.29) is 15.5 Å². The van der Waals surface area contributed by atoms with Crippen LogP contribution in [0.25, 0.3) is 6.08 Å². The molecule has 2 aliphatic rings. The summed E-state index contributed by atoms with van der Waals surface area (Å²) in [5.74, 6) is -0.626. The highest BCUT2D eigenvalue weighted by molar-refractivity contribution is 8.18. The van der Waals surface area contributed by atoms with E-state index in [1.807, 2.05) is 4.90 Å². The maximum Gasteiger partial charge on any atom is 0.416 e. The van der Waals surface area contributed by atoms with Crippen LogP contribution in [0.2, 0.25) is 5.02 Å². The predicted molar refractivity (Wildman–Crippen MR) is 104 cm³/mol. The van der Waals surface area contributed by atoms with E-state index in [4.69, 9.17) is 11.6 Å². The van der Waals surface area contributed by atoms with Gasteiger partial charge >= 0.3 is 6.18 Å². The van der Waals surface area contributed by atoms with Crippen molar-refractivity contribution < 1.29 is 22.8 Å². The molecule has 152 valence electrons. The van der Waals surface area contributed by atoms with Crippen LogP contribution in [0.3, 0.4) is 0 Å². The number of imide groups is 1. The van der Waals surface area contributed by atoms with Gasteiger partial charge in [0.1, 0.15) is 0 Å². The van der Waals surface area contributed by atoms with Gasteiger partial charge in [-0.1, -0.05) is 11.6 Å². The maximum absolute atomic E-state index is 13.3. The Morgan fingerprint density at radius 1 is 1.18 bits per heavy atom. The van der Waals surface area contributed by atoms with Crippen LogP contribution in [0, 0.1) is 0 Å². The van der Waals surface area contributed by atoms with Gasteiger partial charge in [-0.2, -0.15) is 13.2 Å². The molecule has 0 aliphatic carbocycles. The number of halogens is 4. The van der Waals surface area contributed by atoms with Crippen LogP contribution in [0.5, 0.6) is 0 Å². The third-order valence-corrected chi connectivity index (χ3v) is 5.81. The van der Waals surface area contributed by atoms with E-state index in [0.717, 1.165) is 25.2 Å². The van der Waals surface area contributed by atoms with Crippen LogP contribution < -0.4 is 10.2 Å². The van der Waals surface area contributed by atoms with Gasteiger partial charge in [-0.3, -0.25) is 19.8 Å². The second-order valence-electron chi connectivity index (χ2n) is 6.86. The number of hydrogen-bond donors (Lipinski definition) is 1. The lowest BCUT2D eigenvalue weighted by Gasteiger charge is -2.39. The zero-order valence-electron chi connectivity index (χ0n) is 15.3. The third-order valence-electron chi connectivity index (χ3n) is 4.71. The minimum atomic E-state index is -4.58. The van der Waals surface area contributed by atoms with E-state index in [1.165, 1.54) is 6.08 Å². The van der Waals surface area contributed by atoms with Gasteiger partial charge < -0.3 is 4.90 Å². The Bertz CT molecular complexity index is 834. The molecule has 1 aromatic carbocycles. The first-order valence-corrected chi connectivity index (χ1v) is 9.90. The molecule has 28 heavy (non-hydrogen) atoms. The number of nitrogens with one attached hydrogen (secondary N) is 1. The molecule has 0 unspecified atom stereocenters. The monoisotopic (exact) mass is 433 g/mol. The maximum atomic E-state index is 13.3. The van der Waals surface area contributed by atoms with Crippen LogP contribution in [0.15, 0.2) is 17.0 Å². The van der Waals surface area contributed by atoms with Gasteiger partial charge in [-0.05, 0) is 43.8 Å². The molecule has 0 spiro atoms. The number of thioether (sulfide) groups is 1.